The summed E-state index contributed by atoms with van der Waals surface area (Å²) in [5, 5.41) is 0. The Balaban J connectivity index is 1.68. The summed E-state index contributed by atoms with van der Waals surface area (Å²) in [5.41, 5.74) is -0.680. The van der Waals surface area contributed by atoms with Crippen LogP contribution in [0.3, 0.4) is 0 Å². The molecule has 0 N–H and O–H groups in total. The molecule has 4 atom stereocenters. The zero-order valence-electron chi connectivity index (χ0n) is 16.1. The van der Waals surface area contributed by atoms with Crippen LogP contribution < -0.4 is 4.74 Å². The van der Waals surface area contributed by atoms with Crippen LogP contribution in [-0.4, -0.2) is 28.6 Å². The van der Waals surface area contributed by atoms with Crippen LogP contribution in [0.4, 0.5) is 0 Å². The summed E-state index contributed by atoms with van der Waals surface area (Å²) in [4.78, 5) is 13.3. The van der Waals surface area contributed by atoms with Gasteiger partial charge in [-0.05, 0) is 38.2 Å². The van der Waals surface area contributed by atoms with Crippen molar-refractivity contribution < 1.29 is 19.0 Å². The summed E-state index contributed by atoms with van der Waals surface area (Å²) >= 11 is 3.73. The van der Waals surface area contributed by atoms with Crippen LogP contribution in [0.15, 0.2) is 24.3 Å². The molecule has 4 nitrogen and oxygen atoms in total. The van der Waals surface area contributed by atoms with Crippen LogP contribution in [-0.2, 0) is 14.3 Å². The number of hydrogen-bond donors (Lipinski definition) is 0. The average molecular weight is 423 g/mol. The van der Waals surface area contributed by atoms with Crippen LogP contribution >= 0.6 is 15.9 Å². The number of rotatable bonds is 2. The number of esters is 1. The molecular formula is C21H27BrO4. The lowest BCUT2D eigenvalue weighted by Gasteiger charge is -2.43. The van der Waals surface area contributed by atoms with Crippen molar-refractivity contribution in [3.05, 3.63) is 29.8 Å². The maximum Gasteiger partial charge on any atom is 0.339 e. The van der Waals surface area contributed by atoms with E-state index in [9.17, 15) is 4.79 Å². The largest absolute Gasteiger partial charge is 0.486 e. The highest BCUT2D eigenvalue weighted by molar-refractivity contribution is 9.09. The van der Waals surface area contributed by atoms with Gasteiger partial charge in [0.15, 0.2) is 5.60 Å². The highest BCUT2D eigenvalue weighted by Crippen LogP contribution is 2.65. The molecule has 2 fully saturated rings. The molecular weight excluding hydrogens is 396 g/mol. The normalized spacial score (nSPS) is 39.2. The van der Waals surface area contributed by atoms with Gasteiger partial charge in [0.1, 0.15) is 17.5 Å². The van der Waals surface area contributed by atoms with E-state index in [4.69, 9.17) is 14.2 Å². The van der Waals surface area contributed by atoms with E-state index >= 15 is 0 Å². The average Bonchev–Trinajstić information content (AvgIpc) is 2.91. The third kappa shape index (κ3) is 2.19. The van der Waals surface area contributed by atoms with E-state index < -0.39 is 17.3 Å². The quantitative estimate of drug-likeness (QED) is 0.506. The first-order valence-electron chi connectivity index (χ1n) is 9.31. The van der Waals surface area contributed by atoms with Crippen LogP contribution in [0.1, 0.15) is 59.1 Å². The van der Waals surface area contributed by atoms with Gasteiger partial charge >= 0.3 is 5.97 Å². The van der Waals surface area contributed by atoms with E-state index in [2.05, 4.69) is 36.7 Å². The number of fused-ring (bicyclic) bond motifs is 3. The number of para-hydroxylation sites is 1. The Kier molecular flexibility index (Phi) is 3.86. The van der Waals surface area contributed by atoms with Crippen molar-refractivity contribution in [2.24, 2.45) is 10.8 Å². The lowest BCUT2D eigenvalue weighted by atomic mass is 9.66. The molecule has 5 heteroatoms. The van der Waals surface area contributed by atoms with Crippen LogP contribution in [0, 0.1) is 10.8 Å². The van der Waals surface area contributed by atoms with Crippen LogP contribution in [0.2, 0.25) is 0 Å². The molecule has 26 heavy (non-hydrogen) atoms. The molecule has 0 aromatic heterocycles. The highest BCUT2D eigenvalue weighted by Gasteiger charge is 2.71. The summed E-state index contributed by atoms with van der Waals surface area (Å²) < 4.78 is 18.4. The molecule has 0 spiro atoms. The molecule has 0 unspecified atom stereocenters. The van der Waals surface area contributed by atoms with E-state index in [-0.39, 0.29) is 21.6 Å². The number of ether oxygens (including phenoxy) is 3. The Morgan fingerprint density at radius 3 is 2.42 bits per heavy atom. The van der Waals surface area contributed by atoms with Crippen LogP contribution in [0.25, 0.3) is 0 Å². The van der Waals surface area contributed by atoms with E-state index in [1.807, 2.05) is 38.1 Å². The number of halogens is 1. The van der Waals surface area contributed by atoms with Gasteiger partial charge in [-0.3, -0.25) is 0 Å². The van der Waals surface area contributed by atoms with Gasteiger partial charge in [-0.2, -0.15) is 0 Å². The molecule has 142 valence electrons. The smallest absolute Gasteiger partial charge is 0.339 e. The fourth-order valence-electron chi connectivity index (χ4n) is 4.77. The third-order valence-corrected chi connectivity index (χ3v) is 8.86. The number of carbonyl (C=O) groups is 1. The van der Waals surface area contributed by atoms with Gasteiger partial charge in [-0.15, -0.1) is 0 Å². The van der Waals surface area contributed by atoms with Gasteiger partial charge in [0.25, 0.3) is 0 Å². The minimum atomic E-state index is -0.855. The van der Waals surface area contributed by atoms with Gasteiger partial charge in [0, 0.05) is 11.0 Å². The third-order valence-electron chi connectivity index (χ3n) is 7.28. The predicted molar refractivity (Wildman–Crippen MR) is 103 cm³/mol. The molecule has 4 rings (SSSR count). The summed E-state index contributed by atoms with van der Waals surface area (Å²) in [5.74, 6) is 0.525. The van der Waals surface area contributed by atoms with E-state index in [0.717, 1.165) is 24.2 Å². The van der Waals surface area contributed by atoms with Gasteiger partial charge in [-0.1, -0.05) is 54.9 Å². The maximum atomic E-state index is 13.4. The second kappa shape index (κ2) is 5.48. The van der Waals surface area contributed by atoms with Crippen molar-refractivity contribution in [2.45, 2.75) is 69.6 Å². The maximum absolute atomic E-state index is 13.4. The number of hydrogen-bond acceptors (Lipinski definition) is 4. The molecule has 1 saturated heterocycles. The molecule has 1 aromatic carbocycles. The first kappa shape index (κ1) is 18.3. The fraction of sp³-hybridized carbons (Fsp3) is 0.667. The SMILES string of the molecule is CC1(C)Oc2ccccc2[C@@H](OC(=O)[C@@]23CC[C@@](C)(CO2)C3(C)C)[C@@H]1Br. The lowest BCUT2D eigenvalue weighted by Crippen LogP contribution is -2.52. The molecule has 2 heterocycles. The summed E-state index contributed by atoms with van der Waals surface area (Å²) in [6.07, 6.45) is 1.29. The van der Waals surface area contributed by atoms with Gasteiger partial charge in [-0.25, -0.2) is 4.79 Å². The highest BCUT2D eigenvalue weighted by atomic mass is 79.9. The topological polar surface area (TPSA) is 44.8 Å². The standard InChI is InChI=1S/C21H27BrO4/c1-18(2)16(22)15(13-8-6-7-9-14(13)26-18)25-17(23)21-11-10-20(5,12-24-21)19(21,3)4/h6-9,15-16H,10-12H2,1-5H3/t15-,16+,20+,21-/m1/s1. The van der Waals surface area contributed by atoms with Crippen molar-refractivity contribution in [3.63, 3.8) is 0 Å². The van der Waals surface area contributed by atoms with Crippen molar-refractivity contribution >= 4 is 21.9 Å². The van der Waals surface area contributed by atoms with Crippen molar-refractivity contribution in [2.75, 3.05) is 6.61 Å². The molecule has 2 aliphatic heterocycles. The molecule has 0 radical (unpaired) electrons. The Labute approximate surface area is 163 Å². The monoisotopic (exact) mass is 422 g/mol. The molecule has 1 saturated carbocycles. The Bertz CT molecular complexity index is 746. The van der Waals surface area contributed by atoms with Gasteiger partial charge < -0.3 is 14.2 Å². The second-order valence-corrected chi connectivity index (χ2v) is 10.3. The first-order valence-corrected chi connectivity index (χ1v) is 10.2. The molecule has 1 aliphatic carbocycles. The van der Waals surface area contributed by atoms with Crippen molar-refractivity contribution in [1.82, 2.24) is 0 Å². The summed E-state index contributed by atoms with van der Waals surface area (Å²) in [6, 6.07) is 7.78. The Morgan fingerprint density at radius 1 is 1.15 bits per heavy atom. The van der Waals surface area contributed by atoms with E-state index in [1.54, 1.807) is 0 Å². The summed E-state index contributed by atoms with van der Waals surface area (Å²) in [6.45, 7) is 11.1. The van der Waals surface area contributed by atoms with Gasteiger partial charge in [0.05, 0.1) is 11.4 Å². The molecule has 1 aromatic rings. The summed E-state index contributed by atoms with van der Waals surface area (Å²) in [7, 11) is 0. The van der Waals surface area contributed by atoms with Crippen molar-refractivity contribution in [1.29, 1.82) is 0 Å². The second-order valence-electron chi connectivity index (χ2n) is 9.27. The fourth-order valence-corrected chi connectivity index (χ4v) is 5.26. The van der Waals surface area contributed by atoms with Crippen molar-refractivity contribution in [3.8, 4) is 5.75 Å². The number of carbonyl (C=O) groups excluding carboxylic acids is 1. The van der Waals surface area contributed by atoms with E-state index in [0.29, 0.717) is 6.61 Å². The predicted octanol–water partition coefficient (Wildman–Crippen LogP) is 4.80. The minimum Gasteiger partial charge on any atom is -0.486 e. The number of alkyl halides is 1. The molecule has 0 amide bonds. The van der Waals surface area contributed by atoms with Gasteiger partial charge in [0.2, 0.25) is 0 Å². The van der Waals surface area contributed by atoms with Crippen LogP contribution in [0.5, 0.6) is 5.75 Å². The first-order chi connectivity index (χ1) is 12.0. The lowest BCUT2D eigenvalue weighted by molar-refractivity contribution is -0.184. The zero-order valence-corrected chi connectivity index (χ0v) is 17.7. The minimum absolute atomic E-state index is 0.0205. The molecule has 3 aliphatic rings. The Morgan fingerprint density at radius 2 is 1.85 bits per heavy atom. The zero-order chi connectivity index (χ0) is 19.0. The van der Waals surface area contributed by atoms with E-state index in [1.165, 1.54) is 0 Å². The number of benzene rings is 1. The molecule has 2 bridgehead atoms. The Hall–Kier alpha value is -1.07.